The topological polar surface area (TPSA) is 72.5 Å². The Labute approximate surface area is 111 Å². The molecule has 5 nitrogen and oxygen atoms in total. The number of ether oxygens (including phenoxy) is 2. The molecule has 0 saturated heterocycles. The molecule has 1 aromatic carbocycles. The van der Waals surface area contributed by atoms with E-state index in [0.29, 0.717) is 21.2 Å². The minimum atomic E-state index is -0.662. The third kappa shape index (κ3) is 2.37. The Hall–Kier alpha value is -1.84. The Morgan fingerprint density at radius 3 is 2.89 bits per heavy atom. The van der Waals surface area contributed by atoms with Crippen LogP contribution in [-0.2, 0) is 4.74 Å². The summed E-state index contributed by atoms with van der Waals surface area (Å²) in [7, 11) is 1.51. The second kappa shape index (κ2) is 5.21. The monoisotopic (exact) mass is 309 g/mol. The predicted molar refractivity (Wildman–Crippen MR) is 67.4 cm³/mol. The predicted octanol–water partition coefficient (Wildman–Crippen LogP) is 2.41. The van der Waals surface area contributed by atoms with E-state index in [1.54, 1.807) is 18.2 Å². The number of nitrogens with zero attached hydrogens (tertiary/aromatic N) is 1. The van der Waals surface area contributed by atoms with Gasteiger partial charge in [0, 0.05) is 18.6 Å². The zero-order valence-corrected chi connectivity index (χ0v) is 11.0. The van der Waals surface area contributed by atoms with Crippen molar-refractivity contribution in [3.8, 4) is 11.8 Å². The summed E-state index contributed by atoms with van der Waals surface area (Å²) in [5.41, 5.74) is -0.335. The van der Waals surface area contributed by atoms with E-state index in [0.717, 1.165) is 0 Å². The third-order valence-electron chi connectivity index (χ3n) is 2.24. The largest absolute Gasteiger partial charge is 0.466 e. The molecule has 0 fully saturated rings. The molecule has 0 amide bonds. The van der Waals surface area contributed by atoms with E-state index >= 15 is 0 Å². The lowest BCUT2D eigenvalue weighted by Gasteiger charge is -2.07. The second-order valence-electron chi connectivity index (χ2n) is 3.43. The highest BCUT2D eigenvalue weighted by atomic mass is 79.9. The van der Waals surface area contributed by atoms with Crippen molar-refractivity contribution >= 4 is 26.9 Å². The van der Waals surface area contributed by atoms with Gasteiger partial charge < -0.3 is 13.9 Å². The molecule has 0 spiro atoms. The van der Waals surface area contributed by atoms with Gasteiger partial charge >= 0.3 is 5.63 Å². The van der Waals surface area contributed by atoms with Crippen LogP contribution in [0.2, 0.25) is 0 Å². The molecule has 92 valence electrons. The van der Waals surface area contributed by atoms with Gasteiger partial charge in [-0.15, -0.1) is 0 Å². The molecule has 0 bridgehead atoms. The smallest absolute Gasteiger partial charge is 0.354 e. The van der Waals surface area contributed by atoms with Crippen LogP contribution in [0.25, 0.3) is 11.0 Å². The van der Waals surface area contributed by atoms with Crippen molar-refractivity contribution < 1.29 is 13.9 Å². The van der Waals surface area contributed by atoms with E-state index in [2.05, 4.69) is 15.9 Å². The Bertz CT molecular complexity index is 687. The van der Waals surface area contributed by atoms with Gasteiger partial charge in [0.25, 0.3) is 0 Å². The van der Waals surface area contributed by atoms with Crippen molar-refractivity contribution in [1.29, 1.82) is 5.26 Å². The van der Waals surface area contributed by atoms with Crippen LogP contribution in [0.5, 0.6) is 5.75 Å². The average molecular weight is 310 g/mol. The highest BCUT2D eigenvalue weighted by molar-refractivity contribution is 9.10. The van der Waals surface area contributed by atoms with E-state index in [4.69, 9.17) is 19.2 Å². The minimum absolute atomic E-state index is 0.0278. The summed E-state index contributed by atoms with van der Waals surface area (Å²) in [6.45, 7) is 0.0879. The summed E-state index contributed by atoms with van der Waals surface area (Å²) in [4.78, 5) is 11.4. The van der Waals surface area contributed by atoms with Gasteiger partial charge in [0.2, 0.25) is 0 Å². The van der Waals surface area contributed by atoms with E-state index in [9.17, 15) is 4.79 Å². The molecule has 0 aliphatic rings. The molecule has 2 aromatic rings. The number of fused-ring (bicyclic) bond motifs is 1. The van der Waals surface area contributed by atoms with E-state index in [1.807, 2.05) is 0 Å². The van der Waals surface area contributed by atoms with Crippen LogP contribution in [-0.4, -0.2) is 13.9 Å². The number of methoxy groups -OCH3 is 1. The standard InChI is InChI=1S/C12H8BrNO4/c1-16-6-17-11-4-10-7(3-9(11)13)2-8(5-14)12(15)18-10/h2-4H,6H2,1H3. The summed E-state index contributed by atoms with van der Waals surface area (Å²) in [5.74, 6) is 0.497. The zero-order chi connectivity index (χ0) is 13.1. The van der Waals surface area contributed by atoms with Gasteiger partial charge in [-0.05, 0) is 28.1 Å². The molecule has 0 saturated carbocycles. The molecule has 0 aliphatic carbocycles. The van der Waals surface area contributed by atoms with Crippen LogP contribution in [0.3, 0.4) is 0 Å². The van der Waals surface area contributed by atoms with Crippen molar-refractivity contribution in [2.75, 3.05) is 13.9 Å². The van der Waals surface area contributed by atoms with Crippen molar-refractivity contribution in [2.45, 2.75) is 0 Å². The Balaban J connectivity index is 2.58. The lowest BCUT2D eigenvalue weighted by atomic mass is 10.2. The van der Waals surface area contributed by atoms with Gasteiger partial charge in [-0.2, -0.15) is 5.26 Å². The maximum atomic E-state index is 11.4. The number of hydrogen-bond donors (Lipinski definition) is 0. The first-order valence-electron chi connectivity index (χ1n) is 4.95. The van der Waals surface area contributed by atoms with Crippen LogP contribution >= 0.6 is 15.9 Å². The summed E-state index contributed by atoms with van der Waals surface area (Å²) >= 11 is 3.33. The minimum Gasteiger partial charge on any atom is -0.466 e. The highest BCUT2D eigenvalue weighted by Gasteiger charge is 2.09. The Kier molecular flexibility index (Phi) is 3.65. The first-order chi connectivity index (χ1) is 8.65. The van der Waals surface area contributed by atoms with Gasteiger partial charge in [-0.25, -0.2) is 4.79 Å². The van der Waals surface area contributed by atoms with Crippen molar-refractivity contribution in [2.24, 2.45) is 0 Å². The first kappa shape index (κ1) is 12.6. The van der Waals surface area contributed by atoms with E-state index in [1.165, 1.54) is 13.2 Å². The third-order valence-corrected chi connectivity index (χ3v) is 2.86. The maximum absolute atomic E-state index is 11.4. The van der Waals surface area contributed by atoms with Crippen LogP contribution in [0.4, 0.5) is 0 Å². The Morgan fingerprint density at radius 1 is 1.44 bits per heavy atom. The molecule has 1 heterocycles. The summed E-state index contributed by atoms with van der Waals surface area (Å²) in [6.07, 6.45) is 0. The summed E-state index contributed by atoms with van der Waals surface area (Å²) in [5, 5.41) is 9.40. The van der Waals surface area contributed by atoms with Crippen molar-refractivity contribution in [3.63, 3.8) is 0 Å². The summed E-state index contributed by atoms with van der Waals surface area (Å²) in [6, 6.07) is 6.54. The maximum Gasteiger partial charge on any atom is 0.354 e. The molecular weight excluding hydrogens is 302 g/mol. The molecule has 0 radical (unpaired) electrons. The van der Waals surface area contributed by atoms with E-state index in [-0.39, 0.29) is 12.4 Å². The van der Waals surface area contributed by atoms with Crippen molar-refractivity contribution in [3.05, 3.63) is 38.7 Å². The normalized spacial score (nSPS) is 10.3. The number of halogens is 1. The lowest BCUT2D eigenvalue weighted by molar-refractivity contribution is 0.0506. The number of rotatable bonds is 3. The molecule has 1 aromatic heterocycles. The fourth-order valence-corrected chi connectivity index (χ4v) is 1.91. The first-order valence-corrected chi connectivity index (χ1v) is 5.74. The number of nitriles is 1. The molecule has 6 heteroatoms. The average Bonchev–Trinajstić information content (AvgIpc) is 2.36. The van der Waals surface area contributed by atoms with Gasteiger partial charge in [-0.3, -0.25) is 0 Å². The van der Waals surface area contributed by atoms with Crippen LogP contribution in [0, 0.1) is 11.3 Å². The molecule has 0 atom stereocenters. The Morgan fingerprint density at radius 2 is 2.22 bits per heavy atom. The molecule has 2 rings (SSSR count). The van der Waals surface area contributed by atoms with Gasteiger partial charge in [-0.1, -0.05) is 0 Å². The molecule has 0 unspecified atom stereocenters. The molecule has 18 heavy (non-hydrogen) atoms. The fourth-order valence-electron chi connectivity index (χ4n) is 1.43. The molecule has 0 N–H and O–H groups in total. The van der Waals surface area contributed by atoms with Gasteiger partial charge in [0.15, 0.2) is 6.79 Å². The SMILES string of the molecule is COCOc1cc2oc(=O)c(C#N)cc2cc1Br. The highest BCUT2D eigenvalue weighted by Crippen LogP contribution is 2.30. The lowest BCUT2D eigenvalue weighted by Crippen LogP contribution is -2.04. The van der Waals surface area contributed by atoms with Crippen LogP contribution in [0.1, 0.15) is 5.56 Å². The van der Waals surface area contributed by atoms with Gasteiger partial charge in [0.05, 0.1) is 4.47 Å². The van der Waals surface area contributed by atoms with E-state index < -0.39 is 5.63 Å². The molecule has 0 aliphatic heterocycles. The molecular formula is C12H8BrNO4. The second-order valence-corrected chi connectivity index (χ2v) is 4.28. The van der Waals surface area contributed by atoms with Crippen LogP contribution < -0.4 is 10.4 Å². The number of hydrogen-bond acceptors (Lipinski definition) is 5. The van der Waals surface area contributed by atoms with Crippen molar-refractivity contribution in [1.82, 2.24) is 0 Å². The summed E-state index contributed by atoms with van der Waals surface area (Å²) < 4.78 is 15.8. The quantitative estimate of drug-likeness (QED) is 0.643. The zero-order valence-electron chi connectivity index (χ0n) is 9.40. The number of benzene rings is 1. The fraction of sp³-hybridized carbons (Fsp3) is 0.167. The van der Waals surface area contributed by atoms with Gasteiger partial charge in [0.1, 0.15) is 23.0 Å². The van der Waals surface area contributed by atoms with Crippen LogP contribution in [0.15, 0.2) is 31.9 Å².